The highest BCUT2D eigenvalue weighted by atomic mass is 16.4. The van der Waals surface area contributed by atoms with Crippen LogP contribution in [0.1, 0.15) is 30.0 Å². The monoisotopic (exact) mass is 352 g/mol. The third-order valence-corrected chi connectivity index (χ3v) is 4.82. The van der Waals surface area contributed by atoms with Gasteiger partial charge in [-0.25, -0.2) is 0 Å². The van der Waals surface area contributed by atoms with Gasteiger partial charge in [0.1, 0.15) is 6.04 Å². The summed E-state index contributed by atoms with van der Waals surface area (Å²) in [5.41, 5.74) is 2.19. The lowest BCUT2D eigenvalue weighted by atomic mass is 9.99. The van der Waals surface area contributed by atoms with Crippen LogP contribution in [-0.4, -0.2) is 41.0 Å². The highest BCUT2D eigenvalue weighted by Crippen LogP contribution is 2.20. The van der Waals surface area contributed by atoms with Crippen LogP contribution >= 0.6 is 0 Å². The van der Waals surface area contributed by atoms with Crippen molar-refractivity contribution in [2.75, 3.05) is 13.1 Å². The van der Waals surface area contributed by atoms with Gasteiger partial charge in [-0.2, -0.15) is 0 Å². The molecule has 0 aliphatic carbocycles. The van der Waals surface area contributed by atoms with Gasteiger partial charge in [0, 0.05) is 0 Å². The fraction of sp³-hybridized carbons (Fsp3) is 0.333. The van der Waals surface area contributed by atoms with Crippen molar-refractivity contribution >= 4 is 11.9 Å². The lowest BCUT2D eigenvalue weighted by Crippen LogP contribution is -2.44. The second-order valence-corrected chi connectivity index (χ2v) is 6.69. The minimum absolute atomic E-state index is 0.120. The van der Waals surface area contributed by atoms with Crippen LogP contribution < -0.4 is 5.32 Å². The zero-order chi connectivity index (χ0) is 18.4. The van der Waals surface area contributed by atoms with Crippen molar-refractivity contribution in [3.8, 4) is 0 Å². The normalized spacial score (nSPS) is 18.4. The summed E-state index contributed by atoms with van der Waals surface area (Å²) in [5.74, 6) is -0.984. The zero-order valence-electron chi connectivity index (χ0n) is 14.7. The SMILES string of the molecule is O=C(CN1CCCC1C(=O)O)NC(Cc1ccccc1)c1ccccc1. The second-order valence-electron chi connectivity index (χ2n) is 6.69. The lowest BCUT2D eigenvalue weighted by molar-refractivity contribution is -0.142. The zero-order valence-corrected chi connectivity index (χ0v) is 14.7. The summed E-state index contributed by atoms with van der Waals surface area (Å²) in [5, 5.41) is 12.4. The topological polar surface area (TPSA) is 69.6 Å². The Bertz CT molecular complexity index is 733. The van der Waals surface area contributed by atoms with Crippen molar-refractivity contribution in [2.45, 2.75) is 31.3 Å². The van der Waals surface area contributed by atoms with E-state index in [1.165, 1.54) is 0 Å². The van der Waals surface area contributed by atoms with E-state index in [-0.39, 0.29) is 18.5 Å². The molecule has 2 aromatic carbocycles. The van der Waals surface area contributed by atoms with E-state index in [0.29, 0.717) is 19.4 Å². The average molecular weight is 352 g/mol. The molecule has 1 aliphatic heterocycles. The Balaban J connectivity index is 1.69. The van der Waals surface area contributed by atoms with Crippen LogP contribution in [0, 0.1) is 0 Å². The van der Waals surface area contributed by atoms with Gasteiger partial charge in [-0.15, -0.1) is 0 Å². The van der Waals surface area contributed by atoms with Crippen molar-refractivity contribution < 1.29 is 14.7 Å². The molecule has 0 bridgehead atoms. The van der Waals surface area contributed by atoms with Crippen LogP contribution in [0.5, 0.6) is 0 Å². The summed E-state index contributed by atoms with van der Waals surface area (Å²) in [6, 6.07) is 19.2. The molecule has 0 saturated carbocycles. The molecule has 5 nitrogen and oxygen atoms in total. The highest BCUT2D eigenvalue weighted by molar-refractivity contribution is 5.80. The number of amides is 1. The predicted octanol–water partition coefficient (Wildman–Crippen LogP) is 2.64. The van der Waals surface area contributed by atoms with Crippen LogP contribution in [0.4, 0.5) is 0 Å². The van der Waals surface area contributed by atoms with Crippen LogP contribution in [0.15, 0.2) is 60.7 Å². The number of rotatable bonds is 7. The lowest BCUT2D eigenvalue weighted by Gasteiger charge is -2.24. The van der Waals surface area contributed by atoms with Crippen molar-refractivity contribution in [1.82, 2.24) is 10.2 Å². The number of hydrogen-bond acceptors (Lipinski definition) is 3. The van der Waals surface area contributed by atoms with Gasteiger partial charge in [0.2, 0.25) is 5.91 Å². The molecule has 1 heterocycles. The molecule has 1 amide bonds. The summed E-state index contributed by atoms with van der Waals surface area (Å²) >= 11 is 0. The van der Waals surface area contributed by atoms with E-state index < -0.39 is 12.0 Å². The van der Waals surface area contributed by atoms with Crippen LogP contribution in [0.2, 0.25) is 0 Å². The quantitative estimate of drug-likeness (QED) is 0.804. The molecular weight excluding hydrogens is 328 g/mol. The first-order valence-electron chi connectivity index (χ1n) is 8.98. The van der Waals surface area contributed by atoms with Crippen molar-refractivity contribution in [2.24, 2.45) is 0 Å². The first-order chi connectivity index (χ1) is 12.6. The minimum Gasteiger partial charge on any atom is -0.480 e. The maximum Gasteiger partial charge on any atom is 0.320 e. The molecule has 2 aromatic rings. The van der Waals surface area contributed by atoms with Crippen molar-refractivity contribution in [3.63, 3.8) is 0 Å². The summed E-state index contributed by atoms with van der Waals surface area (Å²) in [7, 11) is 0. The molecule has 0 spiro atoms. The van der Waals surface area contributed by atoms with Crippen molar-refractivity contribution in [3.05, 3.63) is 71.8 Å². The van der Waals surface area contributed by atoms with E-state index >= 15 is 0 Å². The van der Waals surface area contributed by atoms with E-state index in [0.717, 1.165) is 17.5 Å². The van der Waals surface area contributed by atoms with Gasteiger partial charge in [0.25, 0.3) is 0 Å². The molecule has 5 heteroatoms. The summed E-state index contributed by atoms with van der Waals surface area (Å²) in [4.78, 5) is 25.7. The summed E-state index contributed by atoms with van der Waals surface area (Å²) in [6.45, 7) is 0.772. The third kappa shape index (κ3) is 4.70. The van der Waals surface area contributed by atoms with Gasteiger partial charge in [0.15, 0.2) is 0 Å². The van der Waals surface area contributed by atoms with Crippen LogP contribution in [0.3, 0.4) is 0 Å². The summed E-state index contributed by atoms with van der Waals surface area (Å²) in [6.07, 6.45) is 2.12. The van der Waals surface area contributed by atoms with Crippen LogP contribution in [-0.2, 0) is 16.0 Å². The molecule has 1 saturated heterocycles. The maximum atomic E-state index is 12.6. The Morgan fingerprint density at radius 2 is 1.73 bits per heavy atom. The number of hydrogen-bond donors (Lipinski definition) is 2. The summed E-state index contributed by atoms with van der Waals surface area (Å²) < 4.78 is 0. The Morgan fingerprint density at radius 1 is 1.08 bits per heavy atom. The predicted molar refractivity (Wildman–Crippen MR) is 99.7 cm³/mol. The molecular formula is C21H24N2O3. The van der Waals surface area contributed by atoms with E-state index in [4.69, 9.17) is 0 Å². The van der Waals surface area contributed by atoms with E-state index in [9.17, 15) is 14.7 Å². The van der Waals surface area contributed by atoms with Crippen LogP contribution in [0.25, 0.3) is 0 Å². The van der Waals surface area contributed by atoms with E-state index in [2.05, 4.69) is 5.32 Å². The molecule has 3 rings (SSSR count). The Kier molecular flexibility index (Phi) is 6.02. The average Bonchev–Trinajstić information content (AvgIpc) is 3.11. The second kappa shape index (κ2) is 8.63. The van der Waals surface area contributed by atoms with E-state index in [1.807, 2.05) is 60.7 Å². The molecule has 2 unspecified atom stereocenters. The number of carbonyl (C=O) groups excluding carboxylic acids is 1. The molecule has 0 aromatic heterocycles. The molecule has 26 heavy (non-hydrogen) atoms. The number of carboxylic acid groups (broad SMARTS) is 1. The maximum absolute atomic E-state index is 12.6. The molecule has 2 N–H and O–H groups in total. The Labute approximate surface area is 153 Å². The smallest absolute Gasteiger partial charge is 0.320 e. The number of carbonyl (C=O) groups is 2. The van der Waals surface area contributed by atoms with Gasteiger partial charge < -0.3 is 10.4 Å². The third-order valence-electron chi connectivity index (χ3n) is 4.82. The molecule has 2 atom stereocenters. The molecule has 1 aliphatic rings. The number of aliphatic carboxylic acids is 1. The first-order valence-corrected chi connectivity index (χ1v) is 8.98. The fourth-order valence-corrected chi connectivity index (χ4v) is 3.51. The minimum atomic E-state index is -0.848. The fourth-order valence-electron chi connectivity index (χ4n) is 3.51. The number of nitrogens with zero attached hydrogens (tertiary/aromatic N) is 1. The molecule has 1 fully saturated rings. The Hall–Kier alpha value is -2.66. The van der Waals surface area contributed by atoms with Gasteiger partial charge in [-0.05, 0) is 36.9 Å². The van der Waals surface area contributed by atoms with Crippen molar-refractivity contribution in [1.29, 1.82) is 0 Å². The highest BCUT2D eigenvalue weighted by Gasteiger charge is 2.32. The number of carboxylic acids is 1. The van der Waals surface area contributed by atoms with Gasteiger partial charge in [0.05, 0.1) is 12.6 Å². The number of likely N-dealkylation sites (tertiary alicyclic amines) is 1. The Morgan fingerprint density at radius 3 is 2.38 bits per heavy atom. The molecule has 136 valence electrons. The van der Waals surface area contributed by atoms with Gasteiger partial charge in [-0.3, -0.25) is 14.5 Å². The number of nitrogens with one attached hydrogen (secondary N) is 1. The largest absolute Gasteiger partial charge is 0.480 e. The first kappa shape index (κ1) is 18.1. The van der Waals surface area contributed by atoms with E-state index in [1.54, 1.807) is 4.90 Å². The molecule has 0 radical (unpaired) electrons. The standard InChI is InChI=1S/C21H24N2O3/c24-20(15-23-13-7-12-19(23)21(25)26)22-18(17-10-5-2-6-11-17)14-16-8-3-1-4-9-16/h1-6,8-11,18-19H,7,12-15H2,(H,22,24)(H,25,26). The van der Waals surface area contributed by atoms with Gasteiger partial charge >= 0.3 is 5.97 Å². The number of benzene rings is 2. The van der Waals surface area contributed by atoms with Gasteiger partial charge in [-0.1, -0.05) is 60.7 Å².